The summed E-state index contributed by atoms with van der Waals surface area (Å²) in [7, 11) is 0. The molecule has 1 aromatic carbocycles. The van der Waals surface area contributed by atoms with Gasteiger partial charge in [0.1, 0.15) is 12.7 Å². The lowest BCUT2D eigenvalue weighted by molar-refractivity contribution is -0.349. The highest BCUT2D eigenvalue weighted by molar-refractivity contribution is 5.31. The van der Waals surface area contributed by atoms with E-state index in [1.54, 1.807) is 0 Å². The van der Waals surface area contributed by atoms with Gasteiger partial charge >= 0.3 is 18.3 Å². The molecule has 0 saturated carbocycles. The van der Waals surface area contributed by atoms with Crippen molar-refractivity contribution in [2.45, 2.75) is 30.4 Å². The fourth-order valence-electron chi connectivity index (χ4n) is 2.09. The number of halogens is 8. The Balaban J connectivity index is 2.55. The van der Waals surface area contributed by atoms with Crippen molar-refractivity contribution in [2.24, 2.45) is 0 Å². The molecule has 138 valence electrons. The number of nitrogens with zero attached hydrogens (tertiary/aromatic N) is 3. The summed E-state index contributed by atoms with van der Waals surface area (Å²) in [6.45, 7) is -1.38. The fourth-order valence-corrected chi connectivity index (χ4v) is 2.09. The molecule has 0 bridgehead atoms. The van der Waals surface area contributed by atoms with Crippen LogP contribution in [0.3, 0.4) is 0 Å². The van der Waals surface area contributed by atoms with E-state index in [0.717, 1.165) is 12.7 Å². The van der Waals surface area contributed by atoms with Crippen LogP contribution in [0.2, 0.25) is 0 Å². The Morgan fingerprint density at radius 2 is 1.40 bits per heavy atom. The topological polar surface area (TPSA) is 50.9 Å². The molecule has 0 aliphatic rings. The average Bonchev–Trinajstić information content (AvgIpc) is 2.97. The lowest BCUT2D eigenvalue weighted by Gasteiger charge is -2.37. The van der Waals surface area contributed by atoms with Crippen molar-refractivity contribution in [3.05, 3.63) is 48.0 Å². The zero-order chi connectivity index (χ0) is 19.1. The third-order valence-corrected chi connectivity index (χ3v) is 3.42. The number of benzene rings is 1. The van der Waals surface area contributed by atoms with E-state index >= 15 is 0 Å². The van der Waals surface area contributed by atoms with Gasteiger partial charge in [-0.2, -0.15) is 40.2 Å². The van der Waals surface area contributed by atoms with E-state index in [-0.39, 0.29) is 0 Å². The summed E-state index contributed by atoms with van der Waals surface area (Å²) in [4.78, 5) is 3.36. The molecular weight excluding hydrogens is 366 g/mol. The Kier molecular flexibility index (Phi) is 4.53. The molecule has 1 N–H and O–H groups in total. The molecule has 2 rings (SSSR count). The van der Waals surface area contributed by atoms with Gasteiger partial charge in [-0.25, -0.2) is 9.67 Å². The van der Waals surface area contributed by atoms with Crippen LogP contribution in [-0.2, 0) is 18.3 Å². The number of aliphatic hydroxyl groups is 1. The third kappa shape index (κ3) is 3.43. The summed E-state index contributed by atoms with van der Waals surface area (Å²) in [5.74, 6) is -5.67. The molecule has 0 amide bonds. The van der Waals surface area contributed by atoms with Crippen LogP contribution in [0.15, 0.2) is 36.9 Å². The molecule has 0 saturated heterocycles. The van der Waals surface area contributed by atoms with E-state index in [4.69, 9.17) is 0 Å². The minimum absolute atomic E-state index is 0.300. The molecule has 0 aliphatic carbocycles. The first kappa shape index (κ1) is 19.1. The van der Waals surface area contributed by atoms with Gasteiger partial charge in [0, 0.05) is 0 Å². The number of alkyl halides is 8. The smallest absolute Gasteiger partial charge is 0.377 e. The van der Waals surface area contributed by atoms with Crippen LogP contribution in [0, 0.1) is 0 Å². The molecule has 1 atom stereocenters. The van der Waals surface area contributed by atoms with Crippen molar-refractivity contribution >= 4 is 0 Å². The van der Waals surface area contributed by atoms with E-state index < -0.39 is 41.5 Å². The van der Waals surface area contributed by atoms with Gasteiger partial charge in [0.25, 0.3) is 0 Å². The SMILES string of the molecule is OC(Cn1cncn1)(c1ccc(C(F)(F)F)cc1)C(F)(F)C(F)(F)F. The minimum atomic E-state index is -6.16. The molecule has 1 aromatic heterocycles. The molecule has 25 heavy (non-hydrogen) atoms. The van der Waals surface area contributed by atoms with Gasteiger partial charge in [0.2, 0.25) is 0 Å². The summed E-state index contributed by atoms with van der Waals surface area (Å²) >= 11 is 0. The second-order valence-corrected chi connectivity index (χ2v) is 5.10. The molecule has 0 aliphatic heterocycles. The molecule has 1 heterocycles. The van der Waals surface area contributed by atoms with E-state index in [0.29, 0.717) is 28.9 Å². The third-order valence-electron chi connectivity index (χ3n) is 3.42. The molecule has 4 nitrogen and oxygen atoms in total. The van der Waals surface area contributed by atoms with Gasteiger partial charge in [-0.3, -0.25) is 0 Å². The molecule has 2 aromatic rings. The highest BCUT2D eigenvalue weighted by atomic mass is 19.4. The van der Waals surface area contributed by atoms with Crippen LogP contribution in [0.1, 0.15) is 11.1 Å². The summed E-state index contributed by atoms with van der Waals surface area (Å²) < 4.78 is 104. The second-order valence-electron chi connectivity index (χ2n) is 5.10. The van der Waals surface area contributed by atoms with E-state index in [9.17, 15) is 40.2 Å². The highest BCUT2D eigenvalue weighted by Crippen LogP contribution is 2.49. The molecule has 0 fully saturated rings. The maximum absolute atomic E-state index is 13.9. The summed E-state index contributed by atoms with van der Waals surface area (Å²) in [6, 6.07) is 1.32. The van der Waals surface area contributed by atoms with E-state index in [1.807, 2.05) is 0 Å². The van der Waals surface area contributed by atoms with Crippen molar-refractivity contribution in [1.29, 1.82) is 0 Å². The van der Waals surface area contributed by atoms with Gasteiger partial charge in [-0.15, -0.1) is 0 Å². The first-order valence-corrected chi connectivity index (χ1v) is 6.46. The second kappa shape index (κ2) is 5.93. The maximum Gasteiger partial charge on any atom is 0.456 e. The number of rotatable bonds is 4. The van der Waals surface area contributed by atoms with Crippen molar-refractivity contribution in [3.63, 3.8) is 0 Å². The van der Waals surface area contributed by atoms with Crippen molar-refractivity contribution in [1.82, 2.24) is 14.8 Å². The summed E-state index contributed by atoms with van der Waals surface area (Å²) in [6.07, 6.45) is -9.37. The Hall–Kier alpha value is -2.24. The van der Waals surface area contributed by atoms with E-state index in [1.165, 1.54) is 0 Å². The van der Waals surface area contributed by atoms with Crippen molar-refractivity contribution < 1.29 is 40.2 Å². The summed E-state index contributed by atoms with van der Waals surface area (Å²) in [5, 5.41) is 13.5. The Bertz CT molecular complexity index is 708. The molecule has 0 spiro atoms. The van der Waals surface area contributed by atoms with Crippen LogP contribution in [-0.4, -0.2) is 32.0 Å². The fraction of sp³-hybridized carbons (Fsp3) is 0.385. The van der Waals surface area contributed by atoms with Gasteiger partial charge in [0.15, 0.2) is 5.60 Å². The maximum atomic E-state index is 13.9. The molecular formula is C13H9F8N3O. The lowest BCUT2D eigenvalue weighted by Crippen LogP contribution is -2.57. The van der Waals surface area contributed by atoms with Crippen LogP contribution >= 0.6 is 0 Å². The molecule has 0 radical (unpaired) electrons. The number of aromatic nitrogens is 3. The number of hydrogen-bond acceptors (Lipinski definition) is 3. The predicted octanol–water partition coefficient (Wildman–Crippen LogP) is 3.38. The van der Waals surface area contributed by atoms with Crippen LogP contribution in [0.25, 0.3) is 0 Å². The minimum Gasteiger partial charge on any atom is -0.377 e. The Labute approximate surface area is 134 Å². The van der Waals surface area contributed by atoms with Crippen LogP contribution < -0.4 is 0 Å². The zero-order valence-corrected chi connectivity index (χ0v) is 12.0. The monoisotopic (exact) mass is 375 g/mol. The quantitative estimate of drug-likeness (QED) is 0.834. The first-order valence-electron chi connectivity index (χ1n) is 6.46. The van der Waals surface area contributed by atoms with Crippen LogP contribution in [0.5, 0.6) is 0 Å². The largest absolute Gasteiger partial charge is 0.456 e. The number of hydrogen-bond donors (Lipinski definition) is 1. The lowest BCUT2D eigenvalue weighted by atomic mass is 9.86. The van der Waals surface area contributed by atoms with E-state index in [2.05, 4.69) is 10.1 Å². The van der Waals surface area contributed by atoms with Crippen molar-refractivity contribution in [2.75, 3.05) is 0 Å². The van der Waals surface area contributed by atoms with Gasteiger partial charge in [-0.1, -0.05) is 12.1 Å². The summed E-state index contributed by atoms with van der Waals surface area (Å²) in [5.41, 5.74) is -6.23. The van der Waals surface area contributed by atoms with Gasteiger partial charge in [0.05, 0.1) is 12.1 Å². The normalized spacial score (nSPS) is 15.9. The van der Waals surface area contributed by atoms with Crippen LogP contribution in [0.4, 0.5) is 35.1 Å². The van der Waals surface area contributed by atoms with Gasteiger partial charge in [-0.05, 0) is 17.7 Å². The average molecular weight is 375 g/mol. The Morgan fingerprint density at radius 1 is 0.880 bits per heavy atom. The molecule has 1 unspecified atom stereocenters. The zero-order valence-electron chi connectivity index (χ0n) is 12.0. The molecule has 12 heteroatoms. The van der Waals surface area contributed by atoms with Crippen molar-refractivity contribution in [3.8, 4) is 0 Å². The predicted molar refractivity (Wildman–Crippen MR) is 66.4 cm³/mol. The first-order chi connectivity index (χ1) is 11.3. The standard InChI is InChI=1S/C13H9F8N3O/c14-11(15,16)9-3-1-8(2-4-9)10(25,5-24-7-22-6-23-24)12(17,18)13(19,20)21/h1-4,6-7,25H,5H2. The van der Waals surface area contributed by atoms with Gasteiger partial charge < -0.3 is 5.11 Å². The Morgan fingerprint density at radius 3 is 1.80 bits per heavy atom. The highest BCUT2D eigenvalue weighted by Gasteiger charge is 2.70.